The Labute approximate surface area is 142 Å². The number of nitrogens with zero attached hydrogens (tertiary/aromatic N) is 1. The van der Waals surface area contributed by atoms with Crippen LogP contribution >= 0.6 is 22.9 Å². The Morgan fingerprint density at radius 1 is 1.39 bits per heavy atom. The Balaban J connectivity index is 1.74. The van der Waals surface area contributed by atoms with Crippen LogP contribution in [0.3, 0.4) is 0 Å². The number of carbonyl (C=O) groups is 1. The van der Waals surface area contributed by atoms with E-state index < -0.39 is 5.91 Å². The first kappa shape index (κ1) is 15.6. The minimum atomic E-state index is -0.513. The van der Waals surface area contributed by atoms with Crippen LogP contribution in [-0.4, -0.2) is 22.5 Å². The van der Waals surface area contributed by atoms with Gasteiger partial charge >= 0.3 is 0 Å². The number of amides is 1. The normalized spacial score (nSPS) is 10.7. The van der Waals surface area contributed by atoms with Crippen molar-refractivity contribution in [1.29, 1.82) is 0 Å². The van der Waals surface area contributed by atoms with Gasteiger partial charge in [-0.15, -0.1) is 11.3 Å². The van der Waals surface area contributed by atoms with E-state index in [9.17, 15) is 4.79 Å². The fraction of sp³-hybridized carbons (Fsp3) is 0.125. The van der Waals surface area contributed by atoms with Crippen LogP contribution in [0.25, 0.3) is 10.7 Å². The van der Waals surface area contributed by atoms with Gasteiger partial charge in [0.1, 0.15) is 16.5 Å². The van der Waals surface area contributed by atoms with Crippen molar-refractivity contribution in [1.82, 2.24) is 9.97 Å². The summed E-state index contributed by atoms with van der Waals surface area (Å²) in [5, 5.41) is 0.702. The van der Waals surface area contributed by atoms with E-state index in [1.807, 2.05) is 24.3 Å². The van der Waals surface area contributed by atoms with Crippen molar-refractivity contribution in [3.8, 4) is 16.5 Å². The third-order valence-corrected chi connectivity index (χ3v) is 4.75. The lowest BCUT2D eigenvalue weighted by molar-refractivity contribution is 0.100. The second-order valence-electron chi connectivity index (χ2n) is 4.80. The highest BCUT2D eigenvalue weighted by Gasteiger charge is 2.17. The second kappa shape index (κ2) is 6.85. The highest BCUT2D eigenvalue weighted by atomic mass is 35.5. The number of benzene rings is 1. The van der Waals surface area contributed by atoms with Gasteiger partial charge in [0.25, 0.3) is 5.91 Å². The molecule has 5 nitrogen and oxygen atoms in total. The Morgan fingerprint density at radius 3 is 2.91 bits per heavy atom. The average molecular weight is 348 g/mol. The number of H-pyrrole nitrogens is 1. The molecule has 7 heteroatoms. The molecule has 0 bridgehead atoms. The van der Waals surface area contributed by atoms with Gasteiger partial charge < -0.3 is 15.5 Å². The van der Waals surface area contributed by atoms with E-state index in [2.05, 4.69) is 9.97 Å². The topological polar surface area (TPSA) is 81.0 Å². The van der Waals surface area contributed by atoms with Gasteiger partial charge in [0.2, 0.25) is 0 Å². The van der Waals surface area contributed by atoms with Crippen LogP contribution in [0.2, 0.25) is 5.02 Å². The smallest absolute Gasteiger partial charge is 0.262 e. The van der Waals surface area contributed by atoms with Crippen molar-refractivity contribution in [2.45, 2.75) is 6.42 Å². The van der Waals surface area contributed by atoms with Crippen LogP contribution < -0.4 is 10.5 Å². The molecule has 0 radical (unpaired) electrons. The van der Waals surface area contributed by atoms with Gasteiger partial charge in [-0.2, -0.15) is 0 Å². The Kier molecular flexibility index (Phi) is 4.64. The van der Waals surface area contributed by atoms with Gasteiger partial charge in [-0.25, -0.2) is 4.98 Å². The Morgan fingerprint density at radius 2 is 2.22 bits per heavy atom. The van der Waals surface area contributed by atoms with Crippen molar-refractivity contribution in [2.24, 2.45) is 5.73 Å². The molecule has 3 N–H and O–H groups in total. The molecule has 0 spiro atoms. The number of ether oxygens (including phenoxy) is 1. The zero-order valence-corrected chi connectivity index (χ0v) is 13.7. The SMILES string of the molecule is NC(=O)c1sc(-c2ncc[nH]2)cc1OCCc1ccccc1Cl. The first-order valence-corrected chi connectivity index (χ1v) is 8.14. The maximum absolute atomic E-state index is 11.6. The molecule has 0 saturated carbocycles. The summed E-state index contributed by atoms with van der Waals surface area (Å²) in [5.41, 5.74) is 6.42. The van der Waals surface area contributed by atoms with Crippen molar-refractivity contribution in [3.05, 3.63) is 58.2 Å². The van der Waals surface area contributed by atoms with Gasteiger partial charge in [0.05, 0.1) is 11.5 Å². The maximum Gasteiger partial charge on any atom is 0.262 e. The van der Waals surface area contributed by atoms with Gasteiger partial charge in [0.15, 0.2) is 0 Å². The number of aromatic nitrogens is 2. The van der Waals surface area contributed by atoms with Crippen LogP contribution in [0, 0.1) is 0 Å². The molecule has 1 amide bonds. The van der Waals surface area contributed by atoms with E-state index in [1.54, 1.807) is 18.5 Å². The summed E-state index contributed by atoms with van der Waals surface area (Å²) in [5.74, 6) is 0.639. The Hall–Kier alpha value is -2.31. The van der Waals surface area contributed by atoms with E-state index in [4.69, 9.17) is 22.1 Å². The first-order valence-electron chi connectivity index (χ1n) is 6.94. The van der Waals surface area contributed by atoms with Crippen molar-refractivity contribution in [3.63, 3.8) is 0 Å². The number of nitrogens with two attached hydrogens (primary N) is 1. The molecule has 1 aromatic carbocycles. The van der Waals surface area contributed by atoms with E-state index in [0.717, 1.165) is 10.4 Å². The molecule has 23 heavy (non-hydrogen) atoms. The largest absolute Gasteiger partial charge is 0.491 e. The fourth-order valence-electron chi connectivity index (χ4n) is 2.14. The number of thiophene rings is 1. The number of hydrogen-bond donors (Lipinski definition) is 2. The molecule has 3 rings (SSSR count). The van der Waals surface area contributed by atoms with Crippen LogP contribution in [0.1, 0.15) is 15.2 Å². The highest BCUT2D eigenvalue weighted by Crippen LogP contribution is 2.34. The first-order chi connectivity index (χ1) is 11.1. The molecular weight excluding hydrogens is 334 g/mol. The predicted molar refractivity (Wildman–Crippen MR) is 91.1 cm³/mol. The molecule has 0 atom stereocenters. The summed E-state index contributed by atoms with van der Waals surface area (Å²) in [6, 6.07) is 9.37. The van der Waals surface area contributed by atoms with Crippen molar-refractivity contribution < 1.29 is 9.53 Å². The maximum atomic E-state index is 11.6. The summed E-state index contributed by atoms with van der Waals surface area (Å²) in [7, 11) is 0. The third-order valence-electron chi connectivity index (χ3n) is 3.24. The number of imidazole rings is 1. The minimum Gasteiger partial charge on any atom is -0.491 e. The summed E-state index contributed by atoms with van der Waals surface area (Å²) in [4.78, 5) is 19.9. The van der Waals surface area contributed by atoms with E-state index in [0.29, 0.717) is 34.5 Å². The van der Waals surface area contributed by atoms with Crippen molar-refractivity contribution >= 4 is 28.8 Å². The lowest BCUT2D eigenvalue weighted by Gasteiger charge is -2.07. The average Bonchev–Trinajstić information content (AvgIpc) is 3.18. The van der Waals surface area contributed by atoms with Gasteiger partial charge in [-0.1, -0.05) is 29.8 Å². The van der Waals surface area contributed by atoms with E-state index in [1.165, 1.54) is 11.3 Å². The molecule has 118 valence electrons. The molecule has 0 fully saturated rings. The van der Waals surface area contributed by atoms with E-state index in [-0.39, 0.29) is 0 Å². The summed E-state index contributed by atoms with van der Waals surface area (Å²) in [6.45, 7) is 0.401. The lowest BCUT2D eigenvalue weighted by atomic mass is 10.2. The summed E-state index contributed by atoms with van der Waals surface area (Å²) >= 11 is 7.37. The molecule has 0 aliphatic rings. The minimum absolute atomic E-state index is 0.385. The fourth-order valence-corrected chi connectivity index (χ4v) is 3.29. The number of halogens is 1. The molecule has 0 unspecified atom stereocenters. The number of nitrogens with one attached hydrogen (secondary N) is 1. The standard InChI is InChI=1S/C16H14ClN3O2S/c17-11-4-2-1-3-10(11)5-8-22-12-9-13(16-19-6-7-20-16)23-14(12)15(18)21/h1-4,6-7,9H,5,8H2,(H2,18,21)(H,19,20). The predicted octanol–water partition coefficient (Wildman–Crippen LogP) is 3.51. The third kappa shape index (κ3) is 3.55. The van der Waals surface area contributed by atoms with Crippen LogP contribution in [0.15, 0.2) is 42.7 Å². The lowest BCUT2D eigenvalue weighted by Crippen LogP contribution is -2.11. The number of primary amides is 1. The number of hydrogen-bond acceptors (Lipinski definition) is 4. The van der Waals surface area contributed by atoms with Crippen molar-refractivity contribution in [2.75, 3.05) is 6.61 Å². The van der Waals surface area contributed by atoms with Crippen LogP contribution in [-0.2, 0) is 6.42 Å². The highest BCUT2D eigenvalue weighted by molar-refractivity contribution is 7.17. The molecule has 0 saturated heterocycles. The van der Waals surface area contributed by atoms with Gasteiger partial charge in [-0.3, -0.25) is 4.79 Å². The molecule has 2 aromatic heterocycles. The molecule has 0 aliphatic heterocycles. The number of aromatic amines is 1. The van der Waals surface area contributed by atoms with Gasteiger partial charge in [0, 0.05) is 29.9 Å². The molecule has 0 aliphatic carbocycles. The van der Waals surface area contributed by atoms with E-state index >= 15 is 0 Å². The van der Waals surface area contributed by atoms with Crippen LogP contribution in [0.5, 0.6) is 5.75 Å². The summed E-state index contributed by atoms with van der Waals surface area (Å²) < 4.78 is 5.75. The second-order valence-corrected chi connectivity index (χ2v) is 6.26. The molecular formula is C16H14ClN3O2S. The zero-order chi connectivity index (χ0) is 16.2. The Bertz CT molecular complexity index is 815. The number of carbonyl (C=O) groups excluding carboxylic acids is 1. The quantitative estimate of drug-likeness (QED) is 0.716. The molecule has 3 aromatic rings. The summed E-state index contributed by atoms with van der Waals surface area (Å²) in [6.07, 6.45) is 4.01. The zero-order valence-electron chi connectivity index (χ0n) is 12.1. The van der Waals surface area contributed by atoms with Gasteiger partial charge in [-0.05, 0) is 11.6 Å². The number of rotatable bonds is 6. The van der Waals surface area contributed by atoms with Crippen LogP contribution in [0.4, 0.5) is 0 Å². The molecule has 2 heterocycles. The monoisotopic (exact) mass is 347 g/mol.